The molecule has 110 valence electrons. The number of carboxylic acid groups (broad SMARTS) is 2. The molecule has 20 heavy (non-hydrogen) atoms. The minimum absolute atomic E-state index is 0.0839. The fraction of sp³-hybridized carbons (Fsp3) is 0.615. The third kappa shape index (κ3) is 4.06. The minimum atomic E-state index is -1.10. The van der Waals surface area contributed by atoms with Crippen LogP contribution in [0.25, 0.3) is 0 Å². The van der Waals surface area contributed by atoms with Crippen LogP contribution in [0, 0.1) is 5.92 Å². The molecule has 7 heteroatoms. The van der Waals surface area contributed by atoms with Crippen LogP contribution in [-0.4, -0.2) is 45.1 Å². The highest BCUT2D eigenvalue weighted by atomic mass is 16.4. The Morgan fingerprint density at radius 3 is 2.90 bits per heavy atom. The summed E-state index contributed by atoms with van der Waals surface area (Å²) in [5.41, 5.74) is -0.0839. The van der Waals surface area contributed by atoms with Crippen molar-refractivity contribution in [3.63, 3.8) is 0 Å². The molecule has 1 atom stereocenters. The maximum atomic E-state index is 10.7. The molecule has 2 rings (SSSR count). The Kier molecular flexibility index (Phi) is 4.73. The molecule has 1 aromatic rings. The average molecular weight is 282 g/mol. The molecule has 0 radical (unpaired) electrons. The summed E-state index contributed by atoms with van der Waals surface area (Å²) >= 11 is 0. The summed E-state index contributed by atoms with van der Waals surface area (Å²) in [5.74, 6) is -1.10. The molecule has 1 aliphatic heterocycles. The summed E-state index contributed by atoms with van der Waals surface area (Å²) in [6.07, 6.45) is 4.06. The van der Waals surface area contributed by atoms with Gasteiger partial charge in [0.15, 0.2) is 5.69 Å². The van der Waals surface area contributed by atoms with Crippen LogP contribution < -0.4 is 0 Å². The van der Waals surface area contributed by atoms with Crippen LogP contribution >= 0.6 is 0 Å². The van der Waals surface area contributed by atoms with Gasteiger partial charge in [-0.1, -0.05) is 0 Å². The first-order chi connectivity index (χ1) is 9.54. The lowest BCUT2D eigenvalue weighted by molar-refractivity contribution is -0.137. The Morgan fingerprint density at radius 2 is 2.25 bits per heavy atom. The SMILES string of the molecule is O=C(O)CCC1CCCN(Cc2nc(C(=O)O)co2)C1. The van der Waals surface area contributed by atoms with E-state index in [4.69, 9.17) is 14.6 Å². The van der Waals surface area contributed by atoms with Gasteiger partial charge >= 0.3 is 11.9 Å². The van der Waals surface area contributed by atoms with E-state index in [1.54, 1.807) is 0 Å². The number of rotatable bonds is 6. The largest absolute Gasteiger partial charge is 0.481 e. The molecular weight excluding hydrogens is 264 g/mol. The number of hydrogen-bond donors (Lipinski definition) is 2. The molecule has 2 heterocycles. The molecule has 0 amide bonds. The molecule has 0 saturated carbocycles. The summed E-state index contributed by atoms with van der Waals surface area (Å²) in [6.45, 7) is 2.17. The third-order valence-electron chi connectivity index (χ3n) is 3.50. The molecular formula is C13H18N2O5. The second kappa shape index (κ2) is 6.51. The van der Waals surface area contributed by atoms with Crippen molar-refractivity contribution < 1.29 is 24.2 Å². The molecule has 1 fully saturated rings. The van der Waals surface area contributed by atoms with Crippen LogP contribution in [0.5, 0.6) is 0 Å². The van der Waals surface area contributed by atoms with E-state index in [1.807, 2.05) is 0 Å². The van der Waals surface area contributed by atoms with Crippen molar-refractivity contribution in [3.05, 3.63) is 17.8 Å². The van der Waals surface area contributed by atoms with Crippen molar-refractivity contribution in [1.82, 2.24) is 9.88 Å². The summed E-state index contributed by atoms with van der Waals surface area (Å²) in [6, 6.07) is 0. The van der Waals surface area contributed by atoms with Crippen molar-refractivity contribution in [3.8, 4) is 0 Å². The number of piperidine rings is 1. The fourth-order valence-electron chi connectivity index (χ4n) is 2.53. The maximum Gasteiger partial charge on any atom is 0.357 e. The van der Waals surface area contributed by atoms with Gasteiger partial charge in [0.2, 0.25) is 5.89 Å². The number of carboxylic acids is 2. The van der Waals surface area contributed by atoms with Gasteiger partial charge in [-0.3, -0.25) is 9.69 Å². The van der Waals surface area contributed by atoms with Crippen LogP contribution in [0.3, 0.4) is 0 Å². The van der Waals surface area contributed by atoms with E-state index in [2.05, 4.69) is 9.88 Å². The van der Waals surface area contributed by atoms with Crippen LogP contribution in [0.1, 0.15) is 42.1 Å². The quantitative estimate of drug-likeness (QED) is 0.813. The second-order valence-electron chi connectivity index (χ2n) is 5.11. The number of aliphatic carboxylic acids is 1. The molecule has 1 unspecified atom stereocenters. The average Bonchev–Trinajstić information content (AvgIpc) is 2.85. The zero-order chi connectivity index (χ0) is 14.5. The van der Waals surface area contributed by atoms with E-state index in [9.17, 15) is 9.59 Å². The Labute approximate surface area is 116 Å². The lowest BCUT2D eigenvalue weighted by atomic mass is 9.93. The van der Waals surface area contributed by atoms with Gasteiger partial charge in [-0.05, 0) is 31.7 Å². The Morgan fingerprint density at radius 1 is 1.45 bits per heavy atom. The molecule has 0 spiro atoms. The molecule has 0 aromatic carbocycles. The molecule has 7 nitrogen and oxygen atoms in total. The van der Waals surface area contributed by atoms with Gasteiger partial charge in [0, 0.05) is 13.0 Å². The zero-order valence-corrected chi connectivity index (χ0v) is 11.1. The Hall–Kier alpha value is -1.89. The van der Waals surface area contributed by atoms with Crippen molar-refractivity contribution in [1.29, 1.82) is 0 Å². The molecule has 1 aliphatic rings. The smallest absolute Gasteiger partial charge is 0.357 e. The second-order valence-corrected chi connectivity index (χ2v) is 5.11. The van der Waals surface area contributed by atoms with Gasteiger partial charge in [0.1, 0.15) is 6.26 Å². The summed E-state index contributed by atoms with van der Waals surface area (Å²) in [4.78, 5) is 27.3. The van der Waals surface area contributed by atoms with E-state index in [-0.39, 0.29) is 12.1 Å². The van der Waals surface area contributed by atoms with E-state index < -0.39 is 11.9 Å². The number of likely N-dealkylation sites (tertiary alicyclic amines) is 1. The van der Waals surface area contributed by atoms with Gasteiger partial charge in [-0.25, -0.2) is 9.78 Å². The predicted octanol–water partition coefficient (Wildman–Crippen LogP) is 1.45. The fourth-order valence-corrected chi connectivity index (χ4v) is 2.53. The Balaban J connectivity index is 1.85. The first-order valence-electron chi connectivity index (χ1n) is 6.66. The van der Waals surface area contributed by atoms with Crippen LogP contribution in [-0.2, 0) is 11.3 Å². The number of hydrogen-bond acceptors (Lipinski definition) is 5. The summed E-state index contributed by atoms with van der Waals surface area (Å²) < 4.78 is 5.13. The van der Waals surface area contributed by atoms with Crippen molar-refractivity contribution in [2.24, 2.45) is 5.92 Å². The minimum Gasteiger partial charge on any atom is -0.481 e. The molecule has 1 aromatic heterocycles. The molecule has 0 bridgehead atoms. The number of aromatic nitrogens is 1. The van der Waals surface area contributed by atoms with Gasteiger partial charge in [-0.2, -0.15) is 0 Å². The van der Waals surface area contributed by atoms with Crippen molar-refractivity contribution in [2.75, 3.05) is 13.1 Å². The molecule has 1 saturated heterocycles. The topological polar surface area (TPSA) is 104 Å². The van der Waals surface area contributed by atoms with E-state index >= 15 is 0 Å². The Bertz CT molecular complexity index is 485. The molecule has 2 N–H and O–H groups in total. The third-order valence-corrected chi connectivity index (χ3v) is 3.50. The summed E-state index contributed by atoms with van der Waals surface area (Å²) in [7, 11) is 0. The number of nitrogens with zero attached hydrogens (tertiary/aromatic N) is 2. The number of aromatic carboxylic acids is 1. The first kappa shape index (κ1) is 14.5. The lowest BCUT2D eigenvalue weighted by Crippen LogP contribution is -2.35. The lowest BCUT2D eigenvalue weighted by Gasteiger charge is -2.31. The van der Waals surface area contributed by atoms with E-state index in [1.165, 1.54) is 0 Å². The van der Waals surface area contributed by atoms with Crippen LogP contribution in [0.4, 0.5) is 0 Å². The van der Waals surface area contributed by atoms with Crippen molar-refractivity contribution in [2.45, 2.75) is 32.2 Å². The highest BCUT2D eigenvalue weighted by Gasteiger charge is 2.22. The van der Waals surface area contributed by atoms with E-state index in [0.29, 0.717) is 24.8 Å². The van der Waals surface area contributed by atoms with Crippen LogP contribution in [0.2, 0.25) is 0 Å². The van der Waals surface area contributed by atoms with Gasteiger partial charge in [0.25, 0.3) is 0 Å². The van der Waals surface area contributed by atoms with Crippen molar-refractivity contribution >= 4 is 11.9 Å². The predicted molar refractivity (Wildman–Crippen MR) is 68.3 cm³/mol. The highest BCUT2D eigenvalue weighted by molar-refractivity contribution is 5.84. The zero-order valence-electron chi connectivity index (χ0n) is 11.1. The van der Waals surface area contributed by atoms with Gasteiger partial charge in [-0.15, -0.1) is 0 Å². The van der Waals surface area contributed by atoms with Gasteiger partial charge in [0.05, 0.1) is 6.54 Å². The monoisotopic (exact) mass is 282 g/mol. The highest BCUT2D eigenvalue weighted by Crippen LogP contribution is 2.22. The number of carbonyl (C=O) groups is 2. The maximum absolute atomic E-state index is 10.7. The van der Waals surface area contributed by atoms with E-state index in [0.717, 1.165) is 32.2 Å². The summed E-state index contributed by atoms with van der Waals surface area (Å²) in [5, 5.41) is 17.5. The molecule has 0 aliphatic carbocycles. The normalized spacial score (nSPS) is 19.9. The standard InChI is InChI=1S/C13H18N2O5/c16-12(17)4-3-9-2-1-5-15(6-9)7-11-14-10(8-20-11)13(18)19/h8-9H,1-7H2,(H,16,17)(H,18,19). The number of oxazole rings is 1. The first-order valence-corrected chi connectivity index (χ1v) is 6.66. The van der Waals surface area contributed by atoms with Crippen LogP contribution in [0.15, 0.2) is 10.7 Å². The van der Waals surface area contributed by atoms with Gasteiger partial charge < -0.3 is 14.6 Å².